The number of hydrogen-bond acceptors (Lipinski definition) is 3. The third kappa shape index (κ3) is 3.78. The van der Waals surface area contributed by atoms with E-state index in [4.69, 9.17) is 0 Å². The van der Waals surface area contributed by atoms with Crippen LogP contribution in [0.5, 0.6) is 0 Å². The fourth-order valence-corrected chi connectivity index (χ4v) is 3.24. The normalized spacial score (nSPS) is 21.5. The Labute approximate surface area is 129 Å². The molecule has 1 atom stereocenters. The third-order valence-corrected chi connectivity index (χ3v) is 4.84. The maximum atomic E-state index is 3.55. The Morgan fingerprint density at radius 1 is 1.10 bits per heavy atom. The molecule has 1 aromatic carbocycles. The second kappa shape index (κ2) is 6.80. The van der Waals surface area contributed by atoms with Crippen molar-refractivity contribution in [2.24, 2.45) is 0 Å². The van der Waals surface area contributed by atoms with Gasteiger partial charge in [-0.25, -0.2) is 0 Å². The van der Waals surface area contributed by atoms with E-state index in [-0.39, 0.29) is 0 Å². The third-order valence-electron chi connectivity index (χ3n) is 4.84. The van der Waals surface area contributed by atoms with Crippen LogP contribution in [-0.2, 0) is 0 Å². The molecular formula is C18H29N3. The first kappa shape index (κ1) is 14.9. The molecule has 1 aliphatic carbocycles. The van der Waals surface area contributed by atoms with E-state index in [2.05, 4.69) is 53.2 Å². The van der Waals surface area contributed by atoms with Gasteiger partial charge in [-0.2, -0.15) is 0 Å². The largest absolute Gasteiger partial charge is 0.369 e. The van der Waals surface area contributed by atoms with Crippen molar-refractivity contribution in [3.8, 4) is 0 Å². The molecule has 1 unspecified atom stereocenters. The quantitative estimate of drug-likeness (QED) is 0.867. The Bertz CT molecular complexity index is 430. The van der Waals surface area contributed by atoms with Crippen molar-refractivity contribution in [1.82, 2.24) is 10.2 Å². The van der Waals surface area contributed by atoms with Gasteiger partial charge in [-0.3, -0.25) is 4.90 Å². The van der Waals surface area contributed by atoms with Crippen LogP contribution in [0.15, 0.2) is 24.3 Å². The summed E-state index contributed by atoms with van der Waals surface area (Å²) in [5, 5.41) is 3.55. The monoisotopic (exact) mass is 287 g/mol. The summed E-state index contributed by atoms with van der Waals surface area (Å²) in [6.45, 7) is 10.4. The Hall–Kier alpha value is -1.06. The van der Waals surface area contributed by atoms with Crippen molar-refractivity contribution < 1.29 is 0 Å². The Balaban J connectivity index is 1.54. The topological polar surface area (TPSA) is 18.5 Å². The molecule has 3 rings (SSSR count). The molecule has 1 aromatic rings. The second-order valence-corrected chi connectivity index (χ2v) is 6.52. The molecule has 116 valence electrons. The molecule has 1 aliphatic heterocycles. The lowest BCUT2D eigenvalue weighted by Crippen LogP contribution is -2.47. The molecule has 0 aromatic heterocycles. The van der Waals surface area contributed by atoms with Crippen LogP contribution in [-0.4, -0.2) is 43.7 Å². The molecule has 1 N–H and O–H groups in total. The minimum atomic E-state index is 0.450. The molecule has 0 spiro atoms. The molecule has 2 aliphatic rings. The van der Waals surface area contributed by atoms with Crippen LogP contribution in [0.2, 0.25) is 0 Å². The zero-order valence-electron chi connectivity index (χ0n) is 13.5. The Morgan fingerprint density at radius 3 is 2.33 bits per heavy atom. The summed E-state index contributed by atoms with van der Waals surface area (Å²) in [7, 11) is 0. The Morgan fingerprint density at radius 2 is 1.76 bits per heavy atom. The van der Waals surface area contributed by atoms with Crippen molar-refractivity contribution in [1.29, 1.82) is 0 Å². The fourth-order valence-electron chi connectivity index (χ4n) is 3.24. The zero-order valence-corrected chi connectivity index (χ0v) is 13.5. The first-order valence-corrected chi connectivity index (χ1v) is 8.60. The highest BCUT2D eigenvalue weighted by Gasteiger charge is 2.31. The molecular weight excluding hydrogens is 258 g/mol. The molecule has 21 heavy (non-hydrogen) atoms. The average Bonchev–Trinajstić information content (AvgIpc) is 3.38. The summed E-state index contributed by atoms with van der Waals surface area (Å²) >= 11 is 0. The molecule has 0 bridgehead atoms. The van der Waals surface area contributed by atoms with Gasteiger partial charge < -0.3 is 10.2 Å². The first-order valence-electron chi connectivity index (χ1n) is 8.60. The Kier molecular flexibility index (Phi) is 4.81. The number of rotatable bonds is 6. The number of nitrogens with one attached hydrogen (secondary N) is 1. The smallest absolute Gasteiger partial charge is 0.0367 e. The molecule has 1 heterocycles. The number of nitrogens with zero attached hydrogens (tertiary/aromatic N) is 2. The minimum Gasteiger partial charge on any atom is -0.369 e. The predicted octanol–water partition coefficient (Wildman–Crippen LogP) is 3.03. The SMILES string of the molecule is CCCNC(C)c1ccc(N2CCN(C3CC3)CC2)cc1. The molecule has 2 fully saturated rings. The van der Waals surface area contributed by atoms with E-state index in [1.54, 1.807) is 0 Å². The van der Waals surface area contributed by atoms with Gasteiger partial charge in [0.25, 0.3) is 0 Å². The molecule has 0 radical (unpaired) electrons. The highest BCUT2D eigenvalue weighted by molar-refractivity contribution is 5.48. The van der Waals surface area contributed by atoms with Crippen LogP contribution >= 0.6 is 0 Å². The van der Waals surface area contributed by atoms with Gasteiger partial charge >= 0.3 is 0 Å². The van der Waals surface area contributed by atoms with E-state index in [0.717, 1.165) is 12.6 Å². The van der Waals surface area contributed by atoms with Crippen LogP contribution in [0.1, 0.15) is 44.7 Å². The number of hydrogen-bond donors (Lipinski definition) is 1. The van der Waals surface area contributed by atoms with Crippen LogP contribution in [0.3, 0.4) is 0 Å². The van der Waals surface area contributed by atoms with Crippen LogP contribution in [0.25, 0.3) is 0 Å². The highest BCUT2D eigenvalue weighted by atomic mass is 15.3. The van der Waals surface area contributed by atoms with Crippen molar-refractivity contribution in [3.63, 3.8) is 0 Å². The summed E-state index contributed by atoms with van der Waals surface area (Å²) in [6.07, 6.45) is 4.04. The first-order chi connectivity index (χ1) is 10.3. The summed E-state index contributed by atoms with van der Waals surface area (Å²) in [5.74, 6) is 0. The maximum absolute atomic E-state index is 3.55. The summed E-state index contributed by atoms with van der Waals surface area (Å²) < 4.78 is 0. The van der Waals surface area contributed by atoms with E-state index in [0.29, 0.717) is 6.04 Å². The van der Waals surface area contributed by atoms with Gasteiger partial charge in [0.15, 0.2) is 0 Å². The van der Waals surface area contributed by atoms with Gasteiger partial charge in [0.05, 0.1) is 0 Å². The van der Waals surface area contributed by atoms with E-state index in [9.17, 15) is 0 Å². The zero-order chi connectivity index (χ0) is 14.7. The van der Waals surface area contributed by atoms with E-state index < -0.39 is 0 Å². The van der Waals surface area contributed by atoms with Gasteiger partial charge in [-0.1, -0.05) is 19.1 Å². The van der Waals surface area contributed by atoms with Crippen LogP contribution in [0.4, 0.5) is 5.69 Å². The predicted molar refractivity (Wildman–Crippen MR) is 90.0 cm³/mol. The molecule has 1 saturated carbocycles. The standard InChI is InChI=1S/C18H29N3/c1-3-10-19-15(2)16-4-6-17(7-5-16)20-11-13-21(14-12-20)18-8-9-18/h4-7,15,18-19H,3,8-14H2,1-2H3. The number of benzene rings is 1. The fraction of sp³-hybridized carbons (Fsp3) is 0.667. The molecule has 3 nitrogen and oxygen atoms in total. The van der Waals surface area contributed by atoms with Crippen LogP contribution < -0.4 is 10.2 Å². The average molecular weight is 287 g/mol. The lowest BCUT2D eigenvalue weighted by Gasteiger charge is -2.36. The van der Waals surface area contributed by atoms with Gasteiger partial charge in [-0.15, -0.1) is 0 Å². The summed E-state index contributed by atoms with van der Waals surface area (Å²) in [5.41, 5.74) is 2.78. The van der Waals surface area contributed by atoms with Gasteiger partial charge in [0, 0.05) is 44.0 Å². The van der Waals surface area contributed by atoms with Crippen molar-refractivity contribution in [2.75, 3.05) is 37.6 Å². The maximum Gasteiger partial charge on any atom is 0.0367 e. The van der Waals surface area contributed by atoms with Crippen LogP contribution in [0, 0.1) is 0 Å². The minimum absolute atomic E-state index is 0.450. The van der Waals surface area contributed by atoms with Gasteiger partial charge in [0.2, 0.25) is 0 Å². The molecule has 0 amide bonds. The lowest BCUT2D eigenvalue weighted by atomic mass is 10.1. The number of anilines is 1. The van der Waals surface area contributed by atoms with Gasteiger partial charge in [-0.05, 0) is 50.4 Å². The highest BCUT2D eigenvalue weighted by Crippen LogP contribution is 2.28. The van der Waals surface area contributed by atoms with E-state index in [1.165, 1.54) is 56.7 Å². The van der Waals surface area contributed by atoms with E-state index >= 15 is 0 Å². The second-order valence-electron chi connectivity index (χ2n) is 6.52. The van der Waals surface area contributed by atoms with Crippen molar-refractivity contribution >= 4 is 5.69 Å². The lowest BCUT2D eigenvalue weighted by molar-refractivity contribution is 0.248. The van der Waals surface area contributed by atoms with Gasteiger partial charge in [0.1, 0.15) is 0 Å². The summed E-state index contributed by atoms with van der Waals surface area (Å²) in [4.78, 5) is 5.20. The molecule has 1 saturated heterocycles. The van der Waals surface area contributed by atoms with Crippen molar-refractivity contribution in [2.45, 2.75) is 45.2 Å². The summed E-state index contributed by atoms with van der Waals surface area (Å²) in [6, 6.07) is 10.5. The van der Waals surface area contributed by atoms with E-state index in [1.807, 2.05) is 0 Å². The number of piperazine rings is 1. The van der Waals surface area contributed by atoms with Crippen molar-refractivity contribution in [3.05, 3.63) is 29.8 Å². The molecule has 3 heteroatoms.